The smallest absolute Gasteiger partial charge is 0.290 e. The molecule has 8 heteroatoms. The first kappa shape index (κ1) is 18.0. The first-order valence-corrected chi connectivity index (χ1v) is 9.52. The normalized spacial score (nSPS) is 15.7. The number of rotatable bonds is 4. The molecule has 0 saturated carbocycles. The van der Waals surface area contributed by atoms with Crippen molar-refractivity contribution in [3.8, 4) is 0 Å². The largest absolute Gasteiger partial charge is 0.459 e. The van der Waals surface area contributed by atoms with Gasteiger partial charge in [-0.3, -0.25) is 14.4 Å². The lowest BCUT2D eigenvalue weighted by molar-refractivity contribution is -0.121. The molecule has 3 amide bonds. The monoisotopic (exact) mass is 395 g/mol. The van der Waals surface area contributed by atoms with Gasteiger partial charge in [0, 0.05) is 13.0 Å². The number of nitrogens with two attached hydrogens (primary N) is 1. The summed E-state index contributed by atoms with van der Waals surface area (Å²) in [5.74, 6) is -1.18. The van der Waals surface area contributed by atoms with Gasteiger partial charge in [0.15, 0.2) is 5.76 Å². The Morgan fingerprint density at radius 2 is 1.89 bits per heavy atom. The van der Waals surface area contributed by atoms with Crippen LogP contribution >= 0.6 is 11.3 Å². The number of hydrogen-bond donors (Lipinski definition) is 2. The number of carbonyl (C=O) groups is 3. The topological polar surface area (TPSA) is 106 Å². The van der Waals surface area contributed by atoms with Crippen LogP contribution in [0, 0.1) is 0 Å². The lowest BCUT2D eigenvalue weighted by Gasteiger charge is -2.35. The van der Waals surface area contributed by atoms with Gasteiger partial charge in [0.1, 0.15) is 11.0 Å². The number of primary amides is 1. The zero-order chi connectivity index (χ0) is 19.7. The molecule has 4 rings (SSSR count). The first-order chi connectivity index (χ1) is 13.5. The third-order valence-corrected chi connectivity index (χ3v) is 5.54. The number of benzene rings is 1. The van der Waals surface area contributed by atoms with Crippen molar-refractivity contribution in [2.24, 2.45) is 5.73 Å². The molecule has 0 spiro atoms. The van der Waals surface area contributed by atoms with Crippen LogP contribution in [0.15, 0.2) is 58.5 Å². The van der Waals surface area contributed by atoms with E-state index in [1.807, 2.05) is 24.3 Å². The third kappa shape index (κ3) is 3.29. The molecule has 0 aliphatic carbocycles. The van der Waals surface area contributed by atoms with Crippen LogP contribution in [0.1, 0.15) is 32.0 Å². The lowest BCUT2D eigenvalue weighted by atomic mass is 9.93. The Hall–Kier alpha value is -3.39. The van der Waals surface area contributed by atoms with Crippen molar-refractivity contribution in [3.05, 3.63) is 76.6 Å². The van der Waals surface area contributed by atoms with Crippen molar-refractivity contribution in [1.82, 2.24) is 4.90 Å². The van der Waals surface area contributed by atoms with Crippen LogP contribution in [-0.4, -0.2) is 28.7 Å². The second-order valence-corrected chi connectivity index (χ2v) is 7.33. The molecule has 1 aliphatic heterocycles. The number of nitrogens with zero attached hydrogens (tertiary/aromatic N) is 1. The molecule has 0 fully saturated rings. The van der Waals surface area contributed by atoms with E-state index in [4.69, 9.17) is 10.2 Å². The fraction of sp³-hybridized carbons (Fsp3) is 0.150. The summed E-state index contributed by atoms with van der Waals surface area (Å²) in [5.41, 5.74) is 7.60. The predicted octanol–water partition coefficient (Wildman–Crippen LogP) is 2.65. The fourth-order valence-electron chi connectivity index (χ4n) is 3.31. The quantitative estimate of drug-likeness (QED) is 0.708. The highest BCUT2D eigenvalue weighted by Gasteiger charge is 2.36. The minimum atomic E-state index is -0.740. The summed E-state index contributed by atoms with van der Waals surface area (Å²) in [6, 6.07) is 11.7. The number of hydrogen-bond acceptors (Lipinski definition) is 5. The minimum Gasteiger partial charge on any atom is -0.459 e. The van der Waals surface area contributed by atoms with Crippen LogP contribution in [0.5, 0.6) is 0 Å². The average Bonchev–Trinajstić information content (AvgIpc) is 3.38. The Morgan fingerprint density at radius 3 is 2.61 bits per heavy atom. The molecule has 7 nitrogen and oxygen atoms in total. The fourth-order valence-corrected chi connectivity index (χ4v) is 4.10. The van der Waals surface area contributed by atoms with Gasteiger partial charge in [-0.25, -0.2) is 0 Å². The summed E-state index contributed by atoms with van der Waals surface area (Å²) in [4.78, 5) is 39.0. The molecular weight excluding hydrogens is 378 g/mol. The van der Waals surface area contributed by atoms with Crippen molar-refractivity contribution in [2.75, 3.05) is 5.32 Å². The maximum Gasteiger partial charge on any atom is 0.290 e. The Morgan fingerprint density at radius 1 is 1.11 bits per heavy atom. The Bertz CT molecular complexity index is 1040. The number of fused-ring (bicyclic) bond motifs is 1. The van der Waals surface area contributed by atoms with E-state index in [-0.39, 0.29) is 23.1 Å². The van der Waals surface area contributed by atoms with E-state index in [1.165, 1.54) is 22.5 Å². The van der Waals surface area contributed by atoms with E-state index >= 15 is 0 Å². The van der Waals surface area contributed by atoms with Crippen molar-refractivity contribution < 1.29 is 18.8 Å². The molecule has 2 aromatic heterocycles. The lowest BCUT2D eigenvalue weighted by Crippen LogP contribution is -2.50. The molecule has 3 N–H and O–H groups in total. The van der Waals surface area contributed by atoms with Crippen LogP contribution < -0.4 is 11.1 Å². The first-order valence-electron chi connectivity index (χ1n) is 8.64. The number of anilines is 1. The van der Waals surface area contributed by atoms with E-state index in [0.29, 0.717) is 18.0 Å². The molecule has 3 aromatic rings. The molecular formula is C20H17N3O4S. The van der Waals surface area contributed by atoms with Crippen LogP contribution in [-0.2, 0) is 17.8 Å². The van der Waals surface area contributed by atoms with Gasteiger partial charge in [-0.05, 0) is 34.7 Å². The molecule has 1 atom stereocenters. The van der Waals surface area contributed by atoms with E-state index in [9.17, 15) is 14.4 Å². The van der Waals surface area contributed by atoms with Crippen LogP contribution in [0.25, 0.3) is 0 Å². The van der Waals surface area contributed by atoms with Crippen LogP contribution in [0.3, 0.4) is 0 Å². The highest BCUT2D eigenvalue weighted by atomic mass is 32.1. The Balaban J connectivity index is 1.65. The molecule has 28 heavy (non-hydrogen) atoms. The van der Waals surface area contributed by atoms with E-state index in [0.717, 1.165) is 11.1 Å². The van der Waals surface area contributed by atoms with Gasteiger partial charge in [0.25, 0.3) is 11.8 Å². The highest BCUT2D eigenvalue weighted by Crippen LogP contribution is 2.28. The number of nitrogens with one attached hydrogen (secondary N) is 1. The summed E-state index contributed by atoms with van der Waals surface area (Å²) >= 11 is 1.21. The summed E-state index contributed by atoms with van der Waals surface area (Å²) in [5, 5.41) is 4.81. The molecule has 3 heterocycles. The zero-order valence-electron chi connectivity index (χ0n) is 14.8. The van der Waals surface area contributed by atoms with Gasteiger partial charge in [0.2, 0.25) is 5.91 Å². The molecule has 0 unspecified atom stereocenters. The minimum absolute atomic E-state index is 0.172. The molecule has 1 aromatic carbocycles. The van der Waals surface area contributed by atoms with Gasteiger partial charge < -0.3 is 20.4 Å². The molecule has 0 bridgehead atoms. The average molecular weight is 395 g/mol. The highest BCUT2D eigenvalue weighted by molar-refractivity contribution is 7.14. The van der Waals surface area contributed by atoms with Crippen molar-refractivity contribution >= 4 is 34.1 Å². The summed E-state index contributed by atoms with van der Waals surface area (Å²) < 4.78 is 5.24. The van der Waals surface area contributed by atoms with Gasteiger partial charge in [-0.2, -0.15) is 0 Å². The number of furan rings is 1. The SMILES string of the molecule is NC(=O)c1ccsc1NC(=O)[C@H]1Cc2ccccc2CN1C(=O)c1ccco1. The van der Waals surface area contributed by atoms with Crippen molar-refractivity contribution in [1.29, 1.82) is 0 Å². The van der Waals surface area contributed by atoms with Crippen LogP contribution in [0.2, 0.25) is 0 Å². The van der Waals surface area contributed by atoms with E-state index in [2.05, 4.69) is 5.32 Å². The van der Waals surface area contributed by atoms with E-state index < -0.39 is 11.9 Å². The van der Waals surface area contributed by atoms with Gasteiger partial charge >= 0.3 is 0 Å². The summed E-state index contributed by atoms with van der Waals surface area (Å²) in [6.45, 7) is 0.293. The molecule has 142 valence electrons. The van der Waals surface area contributed by atoms with E-state index in [1.54, 1.807) is 23.6 Å². The summed E-state index contributed by atoms with van der Waals surface area (Å²) in [7, 11) is 0. The standard InChI is InChI=1S/C20H17N3O4S/c21-17(24)14-7-9-28-19(14)22-18(25)15-10-12-4-1-2-5-13(12)11-23(15)20(26)16-6-3-8-27-16/h1-9,15H,10-11H2,(H2,21,24)(H,22,25)/t15-/m1/s1. The maximum absolute atomic E-state index is 13.1. The predicted molar refractivity (Wildman–Crippen MR) is 104 cm³/mol. The Kier molecular flexibility index (Phi) is 4.70. The van der Waals surface area contributed by atoms with Gasteiger partial charge in [-0.15, -0.1) is 11.3 Å². The number of thiophene rings is 1. The Labute approximate surface area is 164 Å². The second-order valence-electron chi connectivity index (χ2n) is 6.42. The molecule has 1 aliphatic rings. The third-order valence-electron chi connectivity index (χ3n) is 4.71. The zero-order valence-corrected chi connectivity index (χ0v) is 15.6. The number of amides is 3. The second kappa shape index (κ2) is 7.32. The van der Waals surface area contributed by atoms with Gasteiger partial charge in [0.05, 0.1) is 11.8 Å². The van der Waals surface area contributed by atoms with Gasteiger partial charge in [-0.1, -0.05) is 24.3 Å². The molecule has 0 saturated heterocycles. The summed E-state index contributed by atoms with van der Waals surface area (Å²) in [6.07, 6.45) is 1.79. The van der Waals surface area contributed by atoms with Crippen LogP contribution in [0.4, 0.5) is 5.00 Å². The molecule has 0 radical (unpaired) electrons. The van der Waals surface area contributed by atoms with Crippen molar-refractivity contribution in [3.63, 3.8) is 0 Å². The maximum atomic E-state index is 13.1. The number of carbonyl (C=O) groups excluding carboxylic acids is 3. The van der Waals surface area contributed by atoms with Crippen molar-refractivity contribution in [2.45, 2.75) is 19.0 Å².